The molecule has 0 spiro atoms. The fraction of sp³-hybridized carbons (Fsp3) is 0.0909. The Morgan fingerprint density at radius 3 is 2.89 bits per heavy atom. The number of nitrogens with one attached hydrogen (secondary N) is 1. The quantitative estimate of drug-likeness (QED) is 0.686. The Balaban J connectivity index is 1.99. The fourth-order valence-corrected chi connectivity index (χ4v) is 1.64. The summed E-state index contributed by atoms with van der Waals surface area (Å²) in [6.07, 6.45) is 1.37. The molecular formula is C11H9ClN4O3. The molecular weight excluding hydrogens is 272 g/mol. The molecule has 2 aromatic rings. The summed E-state index contributed by atoms with van der Waals surface area (Å²) in [6, 6.07) is 7.91. The number of rotatable bonds is 4. The summed E-state index contributed by atoms with van der Waals surface area (Å²) >= 11 is 5.78. The van der Waals surface area contributed by atoms with Crippen LogP contribution < -0.4 is 5.32 Å². The number of hydrogen-bond acceptors (Lipinski definition) is 4. The zero-order valence-electron chi connectivity index (χ0n) is 9.62. The SMILES string of the molecule is O=C(Cn1ccc([N+](=O)[O-])n1)Nc1cccc(Cl)c1. The largest absolute Gasteiger partial charge is 0.389 e. The van der Waals surface area contributed by atoms with Crippen LogP contribution in [0.4, 0.5) is 11.5 Å². The van der Waals surface area contributed by atoms with E-state index < -0.39 is 4.92 Å². The number of nitrogens with zero attached hydrogens (tertiary/aromatic N) is 3. The number of benzene rings is 1. The first-order valence-corrected chi connectivity index (χ1v) is 5.65. The Morgan fingerprint density at radius 1 is 1.47 bits per heavy atom. The van der Waals surface area contributed by atoms with Gasteiger partial charge in [0.2, 0.25) is 5.91 Å². The summed E-state index contributed by atoms with van der Waals surface area (Å²) in [4.78, 5) is 21.5. The minimum absolute atomic E-state index is 0.111. The van der Waals surface area contributed by atoms with Crippen LogP contribution in [0.5, 0.6) is 0 Å². The van der Waals surface area contributed by atoms with Crippen molar-refractivity contribution >= 4 is 29.0 Å². The second-order valence-corrected chi connectivity index (χ2v) is 4.12. The van der Waals surface area contributed by atoms with Crippen molar-refractivity contribution in [1.29, 1.82) is 0 Å². The second-order valence-electron chi connectivity index (χ2n) is 3.69. The molecule has 0 atom stereocenters. The van der Waals surface area contributed by atoms with Gasteiger partial charge in [0.25, 0.3) is 0 Å². The third-order valence-corrected chi connectivity index (χ3v) is 2.46. The van der Waals surface area contributed by atoms with Crippen molar-refractivity contribution in [1.82, 2.24) is 9.78 Å². The van der Waals surface area contributed by atoms with Gasteiger partial charge < -0.3 is 15.4 Å². The van der Waals surface area contributed by atoms with Gasteiger partial charge in [-0.3, -0.25) is 4.79 Å². The number of nitro groups is 1. The number of halogens is 1. The lowest BCUT2D eigenvalue weighted by atomic mass is 10.3. The molecule has 8 heteroatoms. The van der Waals surface area contributed by atoms with Gasteiger partial charge in [0.1, 0.15) is 6.54 Å². The van der Waals surface area contributed by atoms with E-state index in [9.17, 15) is 14.9 Å². The van der Waals surface area contributed by atoms with Gasteiger partial charge in [-0.2, -0.15) is 4.68 Å². The van der Waals surface area contributed by atoms with E-state index in [1.807, 2.05) is 0 Å². The van der Waals surface area contributed by atoms with Crippen LogP contribution in [0.1, 0.15) is 0 Å². The molecule has 0 aliphatic rings. The Labute approximate surface area is 112 Å². The molecule has 0 fully saturated rings. The lowest BCUT2D eigenvalue weighted by Crippen LogP contribution is -2.19. The van der Waals surface area contributed by atoms with E-state index in [0.717, 1.165) is 0 Å². The summed E-state index contributed by atoms with van der Waals surface area (Å²) in [5.41, 5.74) is 0.555. The van der Waals surface area contributed by atoms with E-state index >= 15 is 0 Å². The van der Waals surface area contributed by atoms with Crippen molar-refractivity contribution in [2.24, 2.45) is 0 Å². The molecule has 19 heavy (non-hydrogen) atoms. The smallest absolute Gasteiger partial charge is 0.358 e. The Bertz CT molecular complexity index is 626. The van der Waals surface area contributed by atoms with Crippen molar-refractivity contribution in [2.75, 3.05) is 5.32 Å². The molecule has 1 aromatic carbocycles. The van der Waals surface area contributed by atoms with E-state index in [1.165, 1.54) is 16.9 Å². The molecule has 0 saturated heterocycles. The molecule has 1 amide bonds. The van der Waals surface area contributed by atoms with Gasteiger partial charge in [0, 0.05) is 10.7 Å². The van der Waals surface area contributed by atoms with Crippen LogP contribution >= 0.6 is 11.6 Å². The first kappa shape index (κ1) is 13.0. The van der Waals surface area contributed by atoms with Crippen molar-refractivity contribution < 1.29 is 9.72 Å². The highest BCUT2D eigenvalue weighted by atomic mass is 35.5. The number of hydrogen-bond donors (Lipinski definition) is 1. The number of carbonyl (C=O) groups is 1. The van der Waals surface area contributed by atoms with E-state index in [1.54, 1.807) is 24.3 Å². The number of anilines is 1. The molecule has 0 aliphatic heterocycles. The number of carbonyl (C=O) groups excluding carboxylic acids is 1. The van der Waals surface area contributed by atoms with Crippen LogP contribution in [0.25, 0.3) is 0 Å². The minimum atomic E-state index is -0.620. The third kappa shape index (κ3) is 3.52. The predicted octanol–water partition coefficient (Wildman–Crippen LogP) is 2.08. The van der Waals surface area contributed by atoms with Crippen LogP contribution in [0.3, 0.4) is 0 Å². The van der Waals surface area contributed by atoms with Gasteiger partial charge >= 0.3 is 5.82 Å². The average molecular weight is 281 g/mol. The Hall–Kier alpha value is -2.41. The van der Waals surface area contributed by atoms with Crippen molar-refractivity contribution in [3.63, 3.8) is 0 Å². The van der Waals surface area contributed by atoms with E-state index in [0.29, 0.717) is 10.7 Å². The summed E-state index contributed by atoms with van der Waals surface area (Å²) < 4.78 is 1.19. The van der Waals surface area contributed by atoms with E-state index in [-0.39, 0.29) is 18.3 Å². The average Bonchev–Trinajstić information content (AvgIpc) is 2.77. The second kappa shape index (κ2) is 5.49. The summed E-state index contributed by atoms with van der Waals surface area (Å²) in [5.74, 6) is -0.643. The molecule has 1 N–H and O–H groups in total. The molecule has 1 heterocycles. The van der Waals surface area contributed by atoms with E-state index in [4.69, 9.17) is 11.6 Å². The van der Waals surface area contributed by atoms with Gasteiger partial charge in [0.05, 0.1) is 17.4 Å². The Kier molecular flexibility index (Phi) is 3.76. The highest BCUT2D eigenvalue weighted by molar-refractivity contribution is 6.30. The Morgan fingerprint density at radius 2 is 2.26 bits per heavy atom. The summed E-state index contributed by atoms with van der Waals surface area (Å²) in [5, 5.41) is 17.2. The first-order chi connectivity index (χ1) is 9.04. The predicted molar refractivity (Wildman–Crippen MR) is 69.0 cm³/mol. The first-order valence-electron chi connectivity index (χ1n) is 5.28. The maximum absolute atomic E-state index is 11.7. The standard InChI is InChI=1S/C11H9ClN4O3/c12-8-2-1-3-9(6-8)13-11(17)7-15-5-4-10(14-15)16(18)19/h1-6H,7H2,(H,13,17). The fourth-order valence-electron chi connectivity index (χ4n) is 1.45. The maximum Gasteiger partial charge on any atom is 0.389 e. The molecule has 0 bridgehead atoms. The molecule has 0 aliphatic carbocycles. The summed E-state index contributed by atoms with van der Waals surface area (Å²) in [7, 11) is 0. The molecule has 0 unspecified atom stereocenters. The normalized spacial score (nSPS) is 10.2. The van der Waals surface area contributed by atoms with Gasteiger partial charge in [0.15, 0.2) is 0 Å². The topological polar surface area (TPSA) is 90.1 Å². The molecule has 98 valence electrons. The maximum atomic E-state index is 11.7. The van der Waals surface area contributed by atoms with Crippen molar-refractivity contribution in [3.05, 3.63) is 51.7 Å². The monoisotopic (exact) mass is 280 g/mol. The molecule has 7 nitrogen and oxygen atoms in total. The molecule has 0 saturated carbocycles. The zero-order valence-corrected chi connectivity index (χ0v) is 10.4. The zero-order chi connectivity index (χ0) is 13.8. The van der Waals surface area contributed by atoms with E-state index in [2.05, 4.69) is 10.4 Å². The third-order valence-electron chi connectivity index (χ3n) is 2.23. The molecule has 0 radical (unpaired) electrons. The van der Waals surface area contributed by atoms with Crippen LogP contribution in [-0.2, 0) is 11.3 Å². The van der Waals surface area contributed by atoms with Crippen LogP contribution in [0, 0.1) is 10.1 Å². The summed E-state index contributed by atoms with van der Waals surface area (Å²) in [6.45, 7) is -0.111. The van der Waals surface area contributed by atoms with Crippen LogP contribution in [-0.4, -0.2) is 20.6 Å². The molecule has 2 rings (SSSR count). The van der Waals surface area contributed by atoms with Gasteiger partial charge in [-0.05, 0) is 23.1 Å². The van der Waals surface area contributed by atoms with Gasteiger partial charge in [-0.1, -0.05) is 17.7 Å². The molecule has 1 aromatic heterocycles. The highest BCUT2D eigenvalue weighted by Crippen LogP contribution is 2.14. The van der Waals surface area contributed by atoms with Crippen molar-refractivity contribution in [3.8, 4) is 0 Å². The lowest BCUT2D eigenvalue weighted by Gasteiger charge is -2.03. The number of aromatic nitrogens is 2. The van der Waals surface area contributed by atoms with Crippen LogP contribution in [0.15, 0.2) is 36.5 Å². The lowest BCUT2D eigenvalue weighted by molar-refractivity contribution is -0.389. The highest BCUT2D eigenvalue weighted by Gasteiger charge is 2.13. The van der Waals surface area contributed by atoms with Crippen LogP contribution in [0.2, 0.25) is 5.02 Å². The van der Waals surface area contributed by atoms with Crippen molar-refractivity contribution in [2.45, 2.75) is 6.54 Å². The van der Waals surface area contributed by atoms with Gasteiger partial charge in [-0.15, -0.1) is 0 Å². The minimum Gasteiger partial charge on any atom is -0.358 e. The van der Waals surface area contributed by atoms with Gasteiger partial charge in [-0.25, -0.2) is 0 Å². The number of amides is 1.